The van der Waals surface area contributed by atoms with E-state index in [0.717, 1.165) is 5.69 Å². The number of nitriles is 1. The lowest BCUT2D eigenvalue weighted by atomic mass is 10.1. The largest absolute Gasteiger partial charge is 0.455 e. The van der Waals surface area contributed by atoms with Crippen LogP contribution in [0.25, 0.3) is 11.3 Å². The summed E-state index contributed by atoms with van der Waals surface area (Å²) in [6.45, 7) is 2.10. The van der Waals surface area contributed by atoms with Gasteiger partial charge in [0, 0.05) is 36.1 Å². The summed E-state index contributed by atoms with van der Waals surface area (Å²) in [7, 11) is 1.55. The van der Waals surface area contributed by atoms with Crippen molar-refractivity contribution in [2.24, 2.45) is 5.10 Å². The number of hydrogen-bond acceptors (Lipinski definition) is 8. The molecule has 0 spiro atoms. The number of hydrazone groups is 1. The number of methoxy groups -OCH3 is 1. The van der Waals surface area contributed by atoms with Crippen LogP contribution in [0.1, 0.15) is 22.6 Å². The highest BCUT2D eigenvalue weighted by Gasteiger charge is 2.12. The number of non-ortho nitro benzene ring substituents is 1. The number of nitrogens with zero attached hydrogens (tertiary/aromatic N) is 4. The van der Waals surface area contributed by atoms with Crippen molar-refractivity contribution in [2.75, 3.05) is 12.5 Å². The molecule has 146 valence electrons. The number of hydrogen-bond donors (Lipinski definition) is 1. The minimum Gasteiger partial charge on any atom is -0.455 e. The van der Waals surface area contributed by atoms with Gasteiger partial charge in [0.05, 0.1) is 17.7 Å². The lowest BCUT2D eigenvalue weighted by Gasteiger charge is -2.08. The molecule has 0 atom stereocenters. The minimum atomic E-state index is -0.460. The molecule has 1 N–H and O–H groups in total. The highest BCUT2D eigenvalue weighted by Crippen LogP contribution is 2.25. The predicted octanol–water partition coefficient (Wildman–Crippen LogP) is 4.02. The van der Waals surface area contributed by atoms with Gasteiger partial charge in [-0.1, -0.05) is 12.1 Å². The van der Waals surface area contributed by atoms with E-state index in [1.54, 1.807) is 37.4 Å². The average molecular weight is 391 g/mol. The van der Waals surface area contributed by atoms with Crippen LogP contribution in [0.15, 0.2) is 52.0 Å². The first-order chi connectivity index (χ1) is 14.0. The number of nitrogens with one attached hydrogen (secondary N) is 1. The topological polar surface area (TPSA) is 127 Å². The lowest BCUT2D eigenvalue weighted by Crippen LogP contribution is -2.03. The predicted molar refractivity (Wildman–Crippen MR) is 106 cm³/mol. The number of nitro benzene ring substituents is 1. The van der Waals surface area contributed by atoms with Crippen LogP contribution in [-0.4, -0.2) is 23.2 Å². The molecule has 9 nitrogen and oxygen atoms in total. The molecule has 2 heterocycles. The van der Waals surface area contributed by atoms with E-state index in [-0.39, 0.29) is 12.3 Å². The van der Waals surface area contributed by atoms with Gasteiger partial charge in [0.15, 0.2) is 5.82 Å². The molecule has 0 radical (unpaired) electrons. The van der Waals surface area contributed by atoms with E-state index < -0.39 is 4.92 Å². The van der Waals surface area contributed by atoms with Crippen LogP contribution in [0, 0.1) is 28.4 Å². The number of nitro groups is 1. The summed E-state index contributed by atoms with van der Waals surface area (Å²) in [4.78, 5) is 14.8. The summed E-state index contributed by atoms with van der Waals surface area (Å²) < 4.78 is 10.8. The van der Waals surface area contributed by atoms with Crippen LogP contribution < -0.4 is 5.43 Å². The fourth-order valence-corrected chi connectivity index (χ4v) is 2.72. The molecule has 9 heteroatoms. The molecule has 0 aliphatic carbocycles. The number of benzene rings is 1. The summed E-state index contributed by atoms with van der Waals surface area (Å²) in [5.74, 6) is 1.23. The fourth-order valence-electron chi connectivity index (χ4n) is 2.72. The Kier molecular flexibility index (Phi) is 5.97. The quantitative estimate of drug-likeness (QED) is 0.366. The number of furan rings is 1. The Morgan fingerprint density at radius 1 is 1.38 bits per heavy atom. The number of aromatic nitrogens is 1. The zero-order valence-electron chi connectivity index (χ0n) is 15.7. The monoisotopic (exact) mass is 391 g/mol. The smallest absolute Gasteiger partial charge is 0.270 e. The maximum atomic E-state index is 10.9. The second-order valence-corrected chi connectivity index (χ2v) is 6.07. The van der Waals surface area contributed by atoms with Crippen LogP contribution in [0.5, 0.6) is 0 Å². The molecule has 1 aromatic carbocycles. The maximum Gasteiger partial charge on any atom is 0.270 e. The number of anilines is 1. The zero-order valence-corrected chi connectivity index (χ0v) is 15.7. The van der Waals surface area contributed by atoms with Gasteiger partial charge in [0.2, 0.25) is 0 Å². The molecule has 29 heavy (non-hydrogen) atoms. The van der Waals surface area contributed by atoms with Crippen molar-refractivity contribution in [3.63, 3.8) is 0 Å². The molecule has 0 fully saturated rings. The van der Waals surface area contributed by atoms with Gasteiger partial charge in [-0.15, -0.1) is 0 Å². The molecule has 2 aromatic heterocycles. The lowest BCUT2D eigenvalue weighted by molar-refractivity contribution is -0.384. The van der Waals surface area contributed by atoms with Gasteiger partial charge in [0.1, 0.15) is 23.2 Å². The van der Waals surface area contributed by atoms with Crippen LogP contribution >= 0.6 is 0 Å². The number of rotatable bonds is 7. The van der Waals surface area contributed by atoms with E-state index in [0.29, 0.717) is 34.0 Å². The van der Waals surface area contributed by atoms with Crippen molar-refractivity contribution in [3.05, 3.63) is 75.2 Å². The van der Waals surface area contributed by atoms with Crippen molar-refractivity contribution in [1.82, 2.24) is 4.98 Å². The molecular formula is C20H17N5O4. The molecule has 0 aliphatic heterocycles. The Morgan fingerprint density at radius 3 is 2.93 bits per heavy atom. The van der Waals surface area contributed by atoms with Gasteiger partial charge in [0.25, 0.3) is 5.69 Å². The average Bonchev–Trinajstić information content (AvgIpc) is 3.17. The van der Waals surface area contributed by atoms with Gasteiger partial charge in [-0.25, -0.2) is 4.98 Å². The normalized spacial score (nSPS) is 10.8. The molecule has 0 saturated carbocycles. The highest BCUT2D eigenvalue weighted by molar-refractivity contribution is 5.78. The van der Waals surface area contributed by atoms with Crippen LogP contribution in [0.4, 0.5) is 11.5 Å². The fraction of sp³-hybridized carbons (Fsp3) is 0.150. The molecule has 0 aliphatic rings. The maximum absolute atomic E-state index is 10.9. The summed E-state index contributed by atoms with van der Waals surface area (Å²) in [5, 5.41) is 24.4. The van der Waals surface area contributed by atoms with Crippen molar-refractivity contribution < 1.29 is 14.1 Å². The third-order valence-corrected chi connectivity index (χ3v) is 3.97. The van der Waals surface area contributed by atoms with Gasteiger partial charge in [-0.2, -0.15) is 10.4 Å². The molecule has 0 amide bonds. The van der Waals surface area contributed by atoms with E-state index in [1.165, 1.54) is 18.3 Å². The Hall–Kier alpha value is -4.03. The first-order valence-corrected chi connectivity index (χ1v) is 8.55. The molecule has 0 saturated heterocycles. The standard InChI is InChI=1S/C20H17N5O4/c1-13-8-15(12-28-2)18(10-21)20(23-13)24-22-11-17-6-7-19(29-17)14-4-3-5-16(9-14)25(26)27/h3-9,11H,12H2,1-2H3,(H,23,24)/b22-11+. The van der Waals surface area contributed by atoms with Crippen molar-refractivity contribution in [2.45, 2.75) is 13.5 Å². The third-order valence-electron chi connectivity index (χ3n) is 3.97. The van der Waals surface area contributed by atoms with Gasteiger partial charge in [-0.3, -0.25) is 15.5 Å². The molecular weight excluding hydrogens is 374 g/mol. The first kappa shape index (κ1) is 19.7. The molecule has 0 bridgehead atoms. The minimum absolute atomic E-state index is 0.0165. The summed E-state index contributed by atoms with van der Waals surface area (Å²) in [6, 6.07) is 13.4. The van der Waals surface area contributed by atoms with Crippen LogP contribution in [0.2, 0.25) is 0 Å². The summed E-state index contributed by atoms with van der Waals surface area (Å²) in [5.41, 5.74) is 5.12. The zero-order chi connectivity index (χ0) is 20.8. The summed E-state index contributed by atoms with van der Waals surface area (Å²) in [6.07, 6.45) is 1.43. The SMILES string of the molecule is COCc1cc(C)nc(N/N=C/c2ccc(-c3cccc([N+](=O)[O-])c3)o2)c1C#N. The van der Waals surface area contributed by atoms with Gasteiger partial charge >= 0.3 is 0 Å². The van der Waals surface area contributed by atoms with Crippen molar-refractivity contribution in [1.29, 1.82) is 5.26 Å². The van der Waals surface area contributed by atoms with Crippen LogP contribution in [0.3, 0.4) is 0 Å². The summed E-state index contributed by atoms with van der Waals surface area (Å²) >= 11 is 0. The molecule has 3 rings (SSSR count). The second-order valence-electron chi connectivity index (χ2n) is 6.07. The molecule has 3 aromatic rings. The molecule has 0 unspecified atom stereocenters. The van der Waals surface area contributed by atoms with E-state index >= 15 is 0 Å². The second kappa shape index (κ2) is 8.77. The highest BCUT2D eigenvalue weighted by atomic mass is 16.6. The van der Waals surface area contributed by atoms with E-state index in [4.69, 9.17) is 9.15 Å². The van der Waals surface area contributed by atoms with E-state index in [2.05, 4.69) is 21.6 Å². The van der Waals surface area contributed by atoms with Gasteiger partial charge < -0.3 is 9.15 Å². The number of aryl methyl sites for hydroxylation is 1. The Morgan fingerprint density at radius 2 is 2.21 bits per heavy atom. The van der Waals surface area contributed by atoms with Crippen molar-refractivity contribution in [3.8, 4) is 17.4 Å². The Labute approximate surface area is 166 Å². The van der Waals surface area contributed by atoms with E-state index in [9.17, 15) is 15.4 Å². The Balaban J connectivity index is 1.78. The van der Waals surface area contributed by atoms with E-state index in [1.807, 2.05) is 6.92 Å². The Bertz CT molecular complexity index is 1110. The van der Waals surface area contributed by atoms with Gasteiger partial charge in [-0.05, 0) is 25.1 Å². The number of pyridine rings is 1. The van der Waals surface area contributed by atoms with Crippen LogP contribution in [-0.2, 0) is 11.3 Å². The first-order valence-electron chi connectivity index (χ1n) is 8.55. The third kappa shape index (κ3) is 4.63. The number of ether oxygens (including phenoxy) is 1. The van der Waals surface area contributed by atoms with Crippen molar-refractivity contribution >= 4 is 17.7 Å².